The monoisotopic (exact) mass is 567 g/mol. The number of halogens is 1. The van der Waals surface area contributed by atoms with Crippen molar-refractivity contribution in [1.29, 1.82) is 0 Å². The van der Waals surface area contributed by atoms with Gasteiger partial charge in [-0.3, -0.25) is 14.4 Å². The van der Waals surface area contributed by atoms with Crippen LogP contribution in [0.1, 0.15) is 63.2 Å². The number of amides is 1. The van der Waals surface area contributed by atoms with E-state index in [0.717, 1.165) is 0 Å². The van der Waals surface area contributed by atoms with Crippen LogP contribution in [0.25, 0.3) is 0 Å². The minimum Gasteiger partial charge on any atom is -0.494 e. The number of hydrogen-bond acceptors (Lipinski definition) is 7. The molecule has 5 rings (SSSR count). The number of benzene rings is 1. The lowest BCUT2D eigenvalue weighted by molar-refractivity contribution is -0.187. The van der Waals surface area contributed by atoms with Gasteiger partial charge in [0.05, 0.1) is 19.3 Å². The first-order chi connectivity index (χ1) is 19.3. The van der Waals surface area contributed by atoms with Crippen LogP contribution in [0.4, 0.5) is 4.39 Å². The standard InChI is InChI=1S/C32H38FNO7/c1-19-16-25-24-11-8-21-17-22(35)12-13-29(21,2)31(24,33)26(36)18-30(25,3)32(19,39)28(38)34-14-5-15-41-23-9-6-20(7-10-23)27(37)40-4/h6-7,9-10,12-13,17,19,24-25,39H,5,8,11,14-16,18H2,1-4H3,(H,34,38)/t19-,24+,25+,29+,30+,31+,32+/m1/s1. The number of esters is 1. The Labute approximate surface area is 239 Å². The van der Waals surface area contributed by atoms with Gasteiger partial charge in [0.25, 0.3) is 5.91 Å². The van der Waals surface area contributed by atoms with Gasteiger partial charge in [-0.2, -0.15) is 0 Å². The summed E-state index contributed by atoms with van der Waals surface area (Å²) >= 11 is 0. The second kappa shape index (κ2) is 10.2. The van der Waals surface area contributed by atoms with Crippen LogP contribution in [0, 0.1) is 28.6 Å². The number of hydrogen-bond donors (Lipinski definition) is 2. The fourth-order valence-electron chi connectivity index (χ4n) is 8.16. The predicted molar refractivity (Wildman–Crippen MR) is 148 cm³/mol. The van der Waals surface area contributed by atoms with E-state index in [2.05, 4.69) is 10.1 Å². The Balaban J connectivity index is 1.26. The van der Waals surface area contributed by atoms with Crippen molar-refractivity contribution in [3.05, 3.63) is 53.6 Å². The van der Waals surface area contributed by atoms with Crippen molar-refractivity contribution in [2.75, 3.05) is 20.3 Å². The minimum atomic E-state index is -2.20. The summed E-state index contributed by atoms with van der Waals surface area (Å²) in [5, 5.41) is 14.8. The lowest BCUT2D eigenvalue weighted by Crippen LogP contribution is -2.68. The predicted octanol–water partition coefficient (Wildman–Crippen LogP) is 3.91. The third kappa shape index (κ3) is 4.18. The van der Waals surface area contributed by atoms with E-state index in [0.29, 0.717) is 49.2 Å². The smallest absolute Gasteiger partial charge is 0.337 e. The number of ether oxygens (including phenoxy) is 2. The van der Waals surface area contributed by atoms with Crippen LogP contribution in [0.3, 0.4) is 0 Å². The van der Waals surface area contributed by atoms with Crippen molar-refractivity contribution in [3.8, 4) is 5.75 Å². The van der Waals surface area contributed by atoms with Crippen molar-refractivity contribution < 1.29 is 38.1 Å². The van der Waals surface area contributed by atoms with Crippen LogP contribution in [-0.2, 0) is 19.1 Å². The molecule has 0 heterocycles. The lowest BCUT2D eigenvalue weighted by Gasteiger charge is -2.59. The fraction of sp³-hybridized carbons (Fsp3) is 0.562. The number of allylic oxidation sites excluding steroid dienone is 4. The average Bonchev–Trinajstić information content (AvgIpc) is 3.15. The first-order valence-corrected chi connectivity index (χ1v) is 14.3. The Morgan fingerprint density at radius 2 is 1.85 bits per heavy atom. The van der Waals surface area contributed by atoms with E-state index in [-0.39, 0.29) is 24.7 Å². The number of methoxy groups -OCH3 is 1. The molecule has 0 unspecified atom stereocenters. The zero-order chi connectivity index (χ0) is 29.8. The maximum Gasteiger partial charge on any atom is 0.337 e. The van der Waals surface area contributed by atoms with Gasteiger partial charge in [-0.05, 0) is 80.9 Å². The number of carbonyl (C=O) groups excluding carboxylic acids is 4. The molecule has 41 heavy (non-hydrogen) atoms. The second-order valence-corrected chi connectivity index (χ2v) is 12.5. The Morgan fingerprint density at radius 3 is 2.54 bits per heavy atom. The highest BCUT2D eigenvalue weighted by Gasteiger charge is 2.76. The third-order valence-corrected chi connectivity index (χ3v) is 10.5. The van der Waals surface area contributed by atoms with Crippen LogP contribution in [0.15, 0.2) is 48.1 Å². The Bertz CT molecular complexity index is 1340. The fourth-order valence-corrected chi connectivity index (χ4v) is 8.16. The second-order valence-electron chi connectivity index (χ2n) is 12.5. The highest BCUT2D eigenvalue weighted by Crippen LogP contribution is 2.69. The van der Waals surface area contributed by atoms with Crippen molar-refractivity contribution in [3.63, 3.8) is 0 Å². The molecule has 7 atom stereocenters. The minimum absolute atomic E-state index is 0.199. The van der Waals surface area contributed by atoms with Crippen molar-refractivity contribution in [2.24, 2.45) is 28.6 Å². The summed E-state index contributed by atoms with van der Waals surface area (Å²) in [5.41, 5.74) is -5.33. The average molecular weight is 568 g/mol. The molecule has 0 bridgehead atoms. The number of Topliss-reactive ketones (excluding diaryl/α,β-unsaturated/α-hetero) is 1. The molecule has 8 nitrogen and oxygen atoms in total. The van der Waals surface area contributed by atoms with Gasteiger partial charge in [0, 0.05) is 29.7 Å². The van der Waals surface area contributed by atoms with E-state index in [1.54, 1.807) is 51.1 Å². The van der Waals surface area contributed by atoms with Gasteiger partial charge in [-0.25, -0.2) is 9.18 Å². The summed E-state index contributed by atoms with van der Waals surface area (Å²) in [6.45, 7) is 5.78. The topological polar surface area (TPSA) is 119 Å². The zero-order valence-electron chi connectivity index (χ0n) is 24.0. The van der Waals surface area contributed by atoms with Crippen LogP contribution in [0.2, 0.25) is 0 Å². The van der Waals surface area contributed by atoms with E-state index >= 15 is 4.39 Å². The molecule has 3 fully saturated rings. The molecular formula is C32H38FNO7. The zero-order valence-corrected chi connectivity index (χ0v) is 24.0. The molecule has 1 aromatic carbocycles. The molecule has 1 aromatic rings. The van der Waals surface area contributed by atoms with Gasteiger partial charge in [0.15, 0.2) is 22.8 Å². The molecule has 2 N–H and O–H groups in total. The van der Waals surface area contributed by atoms with Crippen molar-refractivity contribution in [2.45, 2.75) is 64.1 Å². The number of alkyl halides is 1. The summed E-state index contributed by atoms with van der Waals surface area (Å²) < 4.78 is 27.6. The number of ketones is 2. The first-order valence-electron chi connectivity index (χ1n) is 14.3. The van der Waals surface area contributed by atoms with E-state index in [4.69, 9.17) is 4.74 Å². The summed E-state index contributed by atoms with van der Waals surface area (Å²) in [4.78, 5) is 50.9. The van der Waals surface area contributed by atoms with Gasteiger partial charge in [-0.15, -0.1) is 0 Å². The van der Waals surface area contributed by atoms with E-state index in [9.17, 15) is 24.3 Å². The van der Waals surface area contributed by atoms with Crippen molar-refractivity contribution >= 4 is 23.4 Å². The molecule has 9 heteroatoms. The molecule has 0 spiro atoms. The molecular weight excluding hydrogens is 529 g/mol. The molecule has 0 aromatic heterocycles. The van der Waals surface area contributed by atoms with Gasteiger partial charge in [-0.1, -0.05) is 25.5 Å². The highest BCUT2D eigenvalue weighted by molar-refractivity contribution is 6.03. The number of fused-ring (bicyclic) bond motifs is 5. The molecule has 4 aliphatic carbocycles. The molecule has 1 amide bonds. The van der Waals surface area contributed by atoms with E-state index in [1.165, 1.54) is 19.3 Å². The van der Waals surface area contributed by atoms with E-state index in [1.807, 2.05) is 0 Å². The summed E-state index contributed by atoms with van der Waals surface area (Å²) in [6.07, 6.45) is 5.85. The van der Waals surface area contributed by atoms with E-state index < -0.39 is 51.6 Å². The van der Waals surface area contributed by atoms with Crippen molar-refractivity contribution in [1.82, 2.24) is 5.32 Å². The Morgan fingerprint density at radius 1 is 1.15 bits per heavy atom. The highest BCUT2D eigenvalue weighted by atomic mass is 19.1. The van der Waals surface area contributed by atoms with Crippen LogP contribution < -0.4 is 10.1 Å². The maximum atomic E-state index is 17.2. The lowest BCUT2D eigenvalue weighted by atomic mass is 9.45. The first kappa shape index (κ1) is 29.2. The van der Waals surface area contributed by atoms with Gasteiger partial charge >= 0.3 is 5.97 Å². The van der Waals surface area contributed by atoms with Gasteiger partial charge in [0.2, 0.25) is 0 Å². The molecule has 220 valence electrons. The quantitative estimate of drug-likeness (QED) is 0.379. The number of aliphatic hydroxyl groups is 1. The largest absolute Gasteiger partial charge is 0.494 e. The Hall–Kier alpha value is -3.33. The number of rotatable bonds is 7. The molecule has 4 aliphatic rings. The Kier molecular flexibility index (Phi) is 7.25. The molecule has 3 saturated carbocycles. The third-order valence-electron chi connectivity index (χ3n) is 10.5. The SMILES string of the molecule is COC(=O)c1ccc(OCCCNC(=O)[C@@]2(O)[C@H](C)C[C@H]3[C@@H]4CCC5=CC(=O)C=C[C@]5(C)[C@@]4(F)C(=O)C[C@@]32C)cc1. The number of carbonyl (C=O) groups is 4. The van der Waals surface area contributed by atoms with Crippen LogP contribution in [0.5, 0.6) is 5.75 Å². The molecule has 0 saturated heterocycles. The summed E-state index contributed by atoms with van der Waals surface area (Å²) in [7, 11) is 1.31. The summed E-state index contributed by atoms with van der Waals surface area (Å²) in [6, 6.07) is 6.52. The molecule has 0 radical (unpaired) electrons. The van der Waals surface area contributed by atoms with Crippen LogP contribution in [-0.4, -0.2) is 60.1 Å². The maximum absolute atomic E-state index is 17.2. The number of nitrogens with one attached hydrogen (secondary N) is 1. The molecule has 0 aliphatic heterocycles. The normalized spacial score (nSPS) is 37.4. The summed E-state index contributed by atoms with van der Waals surface area (Å²) in [5.74, 6) is -2.77. The van der Waals surface area contributed by atoms with Gasteiger partial charge < -0.3 is 19.9 Å². The van der Waals surface area contributed by atoms with Gasteiger partial charge in [0.1, 0.15) is 5.75 Å². The van der Waals surface area contributed by atoms with Crippen LogP contribution >= 0.6 is 0 Å².